The fourth-order valence-corrected chi connectivity index (χ4v) is 2.81. The zero-order chi connectivity index (χ0) is 18.8. The number of hydrogen-bond donors (Lipinski definition) is 2. The molecule has 0 radical (unpaired) electrons. The van der Waals surface area contributed by atoms with Crippen LogP contribution in [0.15, 0.2) is 23.5 Å². The van der Waals surface area contributed by atoms with E-state index in [2.05, 4.69) is 58.1 Å². The lowest BCUT2D eigenvalue weighted by Gasteiger charge is -2.34. The molecule has 1 saturated heterocycles. The number of anilines is 1. The van der Waals surface area contributed by atoms with Crippen LogP contribution in [0, 0.1) is 5.92 Å². The van der Waals surface area contributed by atoms with E-state index < -0.39 is 0 Å². The molecular weight excluding hydrogens is 326 g/mol. The minimum Gasteiger partial charge on any atom is -0.357 e. The molecular formula is C19H35N7. The van der Waals surface area contributed by atoms with Gasteiger partial charge in [-0.25, -0.2) is 9.97 Å². The summed E-state index contributed by atoms with van der Waals surface area (Å²) in [5.41, 5.74) is 0. The van der Waals surface area contributed by atoms with Gasteiger partial charge in [0.15, 0.2) is 5.96 Å². The van der Waals surface area contributed by atoms with Gasteiger partial charge in [0.1, 0.15) is 0 Å². The Balaban J connectivity index is 1.69. The molecule has 2 N–H and O–H groups in total. The number of aromatic nitrogens is 2. The maximum Gasteiger partial charge on any atom is 0.225 e. The molecule has 7 nitrogen and oxygen atoms in total. The average molecular weight is 362 g/mol. The molecule has 0 aliphatic carbocycles. The van der Waals surface area contributed by atoms with Crippen LogP contribution in [0.25, 0.3) is 0 Å². The predicted octanol–water partition coefficient (Wildman–Crippen LogP) is 1.59. The van der Waals surface area contributed by atoms with Crippen LogP contribution in [0.3, 0.4) is 0 Å². The van der Waals surface area contributed by atoms with Crippen molar-refractivity contribution in [1.82, 2.24) is 25.5 Å². The van der Waals surface area contributed by atoms with Gasteiger partial charge in [-0.15, -0.1) is 0 Å². The second kappa shape index (κ2) is 11.0. The third-order valence-corrected chi connectivity index (χ3v) is 4.82. The van der Waals surface area contributed by atoms with E-state index in [-0.39, 0.29) is 0 Å². The fourth-order valence-electron chi connectivity index (χ4n) is 2.81. The molecule has 1 aromatic rings. The summed E-state index contributed by atoms with van der Waals surface area (Å²) in [7, 11) is 0. The predicted molar refractivity (Wildman–Crippen MR) is 109 cm³/mol. The maximum absolute atomic E-state index is 4.72. The highest BCUT2D eigenvalue weighted by molar-refractivity contribution is 5.80. The van der Waals surface area contributed by atoms with Gasteiger partial charge in [0, 0.05) is 64.2 Å². The standard InChI is InChI=1S/C19H35N7/c1-5-20-18(24-17(4)16(2)3)21-10-7-11-25-12-14-26(15-13-25)19-22-8-6-9-23-19/h6,8-9,16-17H,5,7,10-15H2,1-4H3,(H2,20,21,24). The van der Waals surface area contributed by atoms with Crippen LogP contribution >= 0.6 is 0 Å². The number of rotatable bonds is 8. The number of nitrogens with zero attached hydrogens (tertiary/aromatic N) is 5. The van der Waals surface area contributed by atoms with E-state index >= 15 is 0 Å². The van der Waals surface area contributed by atoms with Crippen molar-refractivity contribution in [2.45, 2.75) is 40.2 Å². The molecule has 2 heterocycles. The zero-order valence-electron chi connectivity index (χ0n) is 16.8. The van der Waals surface area contributed by atoms with Crippen LogP contribution in [0.4, 0.5) is 5.95 Å². The van der Waals surface area contributed by atoms with E-state index in [9.17, 15) is 0 Å². The van der Waals surface area contributed by atoms with E-state index in [1.54, 1.807) is 0 Å². The molecule has 1 aliphatic heterocycles. The lowest BCUT2D eigenvalue weighted by Crippen LogP contribution is -2.47. The molecule has 2 rings (SSSR count). The molecule has 1 unspecified atom stereocenters. The van der Waals surface area contributed by atoms with Crippen molar-refractivity contribution in [3.8, 4) is 0 Å². The van der Waals surface area contributed by atoms with Crippen molar-refractivity contribution in [2.75, 3.05) is 50.7 Å². The maximum atomic E-state index is 4.72. The Bertz CT molecular complexity index is 524. The van der Waals surface area contributed by atoms with Crippen LogP contribution in [-0.4, -0.2) is 72.7 Å². The summed E-state index contributed by atoms with van der Waals surface area (Å²) in [6, 6.07) is 2.28. The monoisotopic (exact) mass is 361 g/mol. The largest absolute Gasteiger partial charge is 0.357 e. The van der Waals surface area contributed by atoms with Gasteiger partial charge in [0.2, 0.25) is 5.95 Å². The first-order valence-corrected chi connectivity index (χ1v) is 9.89. The second-order valence-electron chi connectivity index (χ2n) is 7.17. The van der Waals surface area contributed by atoms with Crippen molar-refractivity contribution in [3.63, 3.8) is 0 Å². The summed E-state index contributed by atoms with van der Waals surface area (Å²) < 4.78 is 0. The van der Waals surface area contributed by atoms with Gasteiger partial charge in [0.25, 0.3) is 0 Å². The van der Waals surface area contributed by atoms with Crippen LogP contribution in [0.2, 0.25) is 0 Å². The van der Waals surface area contributed by atoms with E-state index in [1.165, 1.54) is 0 Å². The molecule has 26 heavy (non-hydrogen) atoms. The molecule has 0 bridgehead atoms. The fraction of sp³-hybridized carbons (Fsp3) is 0.737. The number of nitrogens with one attached hydrogen (secondary N) is 2. The molecule has 0 amide bonds. The van der Waals surface area contributed by atoms with Gasteiger partial charge < -0.3 is 15.5 Å². The van der Waals surface area contributed by atoms with Gasteiger partial charge >= 0.3 is 0 Å². The molecule has 1 aromatic heterocycles. The third-order valence-electron chi connectivity index (χ3n) is 4.82. The Morgan fingerprint density at radius 3 is 2.46 bits per heavy atom. The van der Waals surface area contributed by atoms with Gasteiger partial charge in [-0.1, -0.05) is 13.8 Å². The molecule has 1 fully saturated rings. The summed E-state index contributed by atoms with van der Waals surface area (Å²) >= 11 is 0. The minimum absolute atomic E-state index is 0.418. The second-order valence-corrected chi connectivity index (χ2v) is 7.17. The quantitative estimate of drug-likeness (QED) is 0.416. The van der Waals surface area contributed by atoms with Crippen molar-refractivity contribution in [3.05, 3.63) is 18.5 Å². The Morgan fingerprint density at radius 1 is 1.15 bits per heavy atom. The first-order chi connectivity index (χ1) is 12.6. The molecule has 7 heteroatoms. The normalized spacial score (nSPS) is 17.4. The van der Waals surface area contributed by atoms with E-state index in [1.807, 2.05) is 18.5 Å². The topological polar surface area (TPSA) is 68.7 Å². The Morgan fingerprint density at radius 2 is 1.85 bits per heavy atom. The highest BCUT2D eigenvalue weighted by Gasteiger charge is 2.18. The van der Waals surface area contributed by atoms with Crippen molar-refractivity contribution in [2.24, 2.45) is 10.9 Å². The first kappa shape index (κ1) is 20.4. The van der Waals surface area contributed by atoms with E-state index in [0.29, 0.717) is 12.0 Å². The van der Waals surface area contributed by atoms with Crippen LogP contribution < -0.4 is 15.5 Å². The van der Waals surface area contributed by atoms with Crippen LogP contribution in [0.5, 0.6) is 0 Å². The summed E-state index contributed by atoms with van der Waals surface area (Å²) in [5, 5.41) is 6.82. The number of guanidine groups is 1. The highest BCUT2D eigenvalue weighted by atomic mass is 15.3. The van der Waals surface area contributed by atoms with Crippen molar-refractivity contribution < 1.29 is 0 Å². The van der Waals surface area contributed by atoms with Gasteiger partial charge in [-0.2, -0.15) is 0 Å². The molecule has 0 aromatic carbocycles. The van der Waals surface area contributed by atoms with Gasteiger partial charge in [-0.3, -0.25) is 9.89 Å². The van der Waals surface area contributed by atoms with Gasteiger partial charge in [-0.05, 0) is 32.3 Å². The molecule has 1 aliphatic rings. The molecule has 1 atom stereocenters. The smallest absolute Gasteiger partial charge is 0.225 e. The average Bonchev–Trinajstić information content (AvgIpc) is 2.66. The van der Waals surface area contributed by atoms with E-state index in [4.69, 9.17) is 4.99 Å². The summed E-state index contributed by atoms with van der Waals surface area (Å²) in [4.78, 5) is 18.2. The van der Waals surface area contributed by atoms with Crippen molar-refractivity contribution in [1.29, 1.82) is 0 Å². The highest BCUT2D eigenvalue weighted by Crippen LogP contribution is 2.09. The van der Waals surface area contributed by atoms with Gasteiger partial charge in [0.05, 0.1) is 0 Å². The number of piperazine rings is 1. The summed E-state index contributed by atoms with van der Waals surface area (Å²) in [6.45, 7) is 15.7. The van der Waals surface area contributed by atoms with Crippen LogP contribution in [-0.2, 0) is 0 Å². The SMILES string of the molecule is CCNC(=NCCCN1CCN(c2ncccn2)CC1)NC(C)C(C)C. The Hall–Kier alpha value is -1.89. The molecule has 146 valence electrons. The number of aliphatic imine (C=N–C) groups is 1. The summed E-state index contributed by atoms with van der Waals surface area (Å²) in [5.74, 6) is 2.36. The lowest BCUT2D eigenvalue weighted by atomic mass is 10.1. The van der Waals surface area contributed by atoms with Crippen molar-refractivity contribution >= 4 is 11.9 Å². The Kier molecular flexibility index (Phi) is 8.61. The third kappa shape index (κ3) is 6.78. The zero-order valence-corrected chi connectivity index (χ0v) is 16.8. The Labute approximate surface area is 158 Å². The van der Waals surface area contributed by atoms with E-state index in [0.717, 1.165) is 64.1 Å². The molecule has 0 spiro atoms. The number of hydrogen-bond acceptors (Lipinski definition) is 5. The lowest BCUT2D eigenvalue weighted by molar-refractivity contribution is 0.255. The minimum atomic E-state index is 0.418. The summed E-state index contributed by atoms with van der Waals surface area (Å²) in [6.07, 6.45) is 4.69. The first-order valence-electron chi connectivity index (χ1n) is 9.89. The van der Waals surface area contributed by atoms with Crippen LogP contribution in [0.1, 0.15) is 34.1 Å². The molecule has 0 saturated carbocycles.